The van der Waals surface area contributed by atoms with Crippen LogP contribution in [0.2, 0.25) is 0 Å². The number of hydrogen-bond acceptors (Lipinski definition) is 2. The molecule has 0 saturated carbocycles. The lowest BCUT2D eigenvalue weighted by atomic mass is 10.1. The molecule has 0 fully saturated rings. The molecule has 0 unspecified atom stereocenters. The zero-order valence-corrected chi connectivity index (χ0v) is 9.60. The van der Waals surface area contributed by atoms with E-state index in [1.807, 2.05) is 18.2 Å². The molecule has 0 saturated heterocycles. The van der Waals surface area contributed by atoms with Crippen LogP contribution in [0.5, 0.6) is 0 Å². The lowest BCUT2D eigenvalue weighted by molar-refractivity contribution is -0.112. The molecule has 1 aromatic heterocycles. The Bertz CT molecular complexity index is 534. The second kappa shape index (κ2) is 3.99. The van der Waals surface area contributed by atoms with Crippen LogP contribution in [0.3, 0.4) is 0 Å². The second-order valence-corrected chi connectivity index (χ2v) is 4.62. The molecular weight excluding hydrogens is 204 g/mol. The normalized spacial score (nSPS) is 11.3. The number of hydrogen-bond donors (Lipinski definition) is 0. The molecule has 15 heavy (non-hydrogen) atoms. The molecule has 2 heteroatoms. The van der Waals surface area contributed by atoms with E-state index in [4.69, 9.17) is 0 Å². The molecule has 0 N–H and O–H groups in total. The summed E-state index contributed by atoms with van der Waals surface area (Å²) in [5.74, 6) is 0.0897. The maximum atomic E-state index is 10.9. The van der Waals surface area contributed by atoms with Gasteiger partial charge in [0.25, 0.3) is 0 Å². The Labute approximate surface area is 93.1 Å². The fourth-order valence-electron chi connectivity index (χ4n) is 1.55. The van der Waals surface area contributed by atoms with E-state index in [1.54, 1.807) is 24.3 Å². The Kier molecular flexibility index (Phi) is 2.69. The molecule has 1 heterocycles. The molecule has 2 aromatic rings. The van der Waals surface area contributed by atoms with Crippen LogP contribution in [0.4, 0.5) is 0 Å². The van der Waals surface area contributed by atoms with Crippen molar-refractivity contribution in [3.63, 3.8) is 0 Å². The summed E-state index contributed by atoms with van der Waals surface area (Å²) in [6, 6.07) is 8.31. The Morgan fingerprint density at radius 2 is 2.07 bits per heavy atom. The van der Waals surface area contributed by atoms with Gasteiger partial charge in [-0.05, 0) is 43.0 Å². The summed E-state index contributed by atoms with van der Waals surface area (Å²) in [5.41, 5.74) is 1.26. The maximum Gasteiger partial charge on any atom is 0.152 e. The van der Waals surface area contributed by atoms with Gasteiger partial charge in [0.15, 0.2) is 5.78 Å². The fourth-order valence-corrected chi connectivity index (χ4v) is 2.66. The molecule has 0 radical (unpaired) electrons. The van der Waals surface area contributed by atoms with Crippen LogP contribution in [-0.2, 0) is 4.79 Å². The van der Waals surface area contributed by atoms with Crippen molar-refractivity contribution in [2.24, 2.45) is 0 Å². The summed E-state index contributed by atoms with van der Waals surface area (Å²) in [6.07, 6.45) is 3.53. The Balaban J connectivity index is 2.53. The number of fused-ring (bicyclic) bond motifs is 1. The van der Waals surface area contributed by atoms with Crippen LogP contribution >= 0.6 is 11.3 Å². The Morgan fingerprint density at radius 1 is 1.33 bits per heavy atom. The minimum Gasteiger partial charge on any atom is -0.295 e. The van der Waals surface area contributed by atoms with Crippen molar-refractivity contribution in [2.45, 2.75) is 13.8 Å². The first-order valence-electron chi connectivity index (χ1n) is 4.85. The molecule has 1 aromatic carbocycles. The van der Waals surface area contributed by atoms with Crippen LogP contribution in [0.15, 0.2) is 30.3 Å². The van der Waals surface area contributed by atoms with E-state index in [1.165, 1.54) is 20.5 Å². The minimum absolute atomic E-state index is 0.0897. The van der Waals surface area contributed by atoms with Crippen LogP contribution in [0.1, 0.15) is 17.4 Å². The van der Waals surface area contributed by atoms with E-state index < -0.39 is 0 Å². The van der Waals surface area contributed by atoms with Crippen molar-refractivity contribution < 1.29 is 4.79 Å². The molecule has 76 valence electrons. The summed E-state index contributed by atoms with van der Waals surface area (Å²) in [6.45, 7) is 3.66. The summed E-state index contributed by atoms with van der Waals surface area (Å²) in [4.78, 5) is 12.0. The highest BCUT2D eigenvalue weighted by atomic mass is 32.1. The number of ketones is 1. The van der Waals surface area contributed by atoms with Gasteiger partial charge in [-0.15, -0.1) is 11.3 Å². The number of rotatable bonds is 2. The van der Waals surface area contributed by atoms with Crippen LogP contribution < -0.4 is 0 Å². The van der Waals surface area contributed by atoms with Gasteiger partial charge in [0.1, 0.15) is 0 Å². The van der Waals surface area contributed by atoms with Gasteiger partial charge in [-0.2, -0.15) is 0 Å². The Hall–Kier alpha value is -1.41. The lowest BCUT2D eigenvalue weighted by Crippen LogP contribution is -1.79. The average Bonchev–Trinajstić information content (AvgIpc) is 2.54. The van der Waals surface area contributed by atoms with Gasteiger partial charge in [-0.1, -0.05) is 18.2 Å². The third kappa shape index (κ3) is 2.00. The van der Waals surface area contributed by atoms with Crippen molar-refractivity contribution in [1.82, 2.24) is 0 Å². The van der Waals surface area contributed by atoms with Crippen LogP contribution in [-0.4, -0.2) is 5.78 Å². The number of carbonyl (C=O) groups is 1. The number of carbonyl (C=O) groups excluding carboxylic acids is 1. The first-order chi connectivity index (χ1) is 7.18. The third-order valence-electron chi connectivity index (χ3n) is 2.35. The zero-order chi connectivity index (χ0) is 10.8. The largest absolute Gasteiger partial charge is 0.295 e. The third-order valence-corrected chi connectivity index (χ3v) is 3.59. The predicted octanol–water partition coefficient (Wildman–Crippen LogP) is 3.81. The highest BCUT2D eigenvalue weighted by molar-refractivity contribution is 7.20. The molecule has 2 rings (SSSR count). The van der Waals surface area contributed by atoms with Gasteiger partial charge in [0.2, 0.25) is 0 Å². The van der Waals surface area contributed by atoms with Gasteiger partial charge < -0.3 is 0 Å². The molecule has 0 bridgehead atoms. The van der Waals surface area contributed by atoms with Crippen LogP contribution in [0.25, 0.3) is 16.2 Å². The van der Waals surface area contributed by atoms with Gasteiger partial charge in [0.05, 0.1) is 0 Å². The SMILES string of the molecule is CC(=O)/C=C/c1sc2ccccc2c1C. The molecule has 1 nitrogen and oxygen atoms in total. The van der Waals surface area contributed by atoms with E-state index in [2.05, 4.69) is 19.1 Å². The average molecular weight is 216 g/mol. The predicted molar refractivity (Wildman–Crippen MR) is 66.3 cm³/mol. The molecule has 0 aliphatic carbocycles. The Morgan fingerprint density at radius 3 is 2.73 bits per heavy atom. The highest BCUT2D eigenvalue weighted by Crippen LogP contribution is 2.31. The van der Waals surface area contributed by atoms with Gasteiger partial charge in [-0.3, -0.25) is 4.79 Å². The van der Waals surface area contributed by atoms with E-state index in [-0.39, 0.29) is 5.78 Å². The lowest BCUT2D eigenvalue weighted by Gasteiger charge is -1.90. The van der Waals surface area contributed by atoms with Crippen molar-refractivity contribution in [3.05, 3.63) is 40.8 Å². The van der Waals surface area contributed by atoms with Crippen molar-refractivity contribution >= 4 is 33.3 Å². The summed E-state index contributed by atoms with van der Waals surface area (Å²) < 4.78 is 1.28. The summed E-state index contributed by atoms with van der Waals surface area (Å²) in [5, 5.41) is 1.28. The fraction of sp³-hybridized carbons (Fsp3) is 0.154. The van der Waals surface area contributed by atoms with E-state index in [9.17, 15) is 4.79 Å². The van der Waals surface area contributed by atoms with E-state index in [0.717, 1.165) is 0 Å². The molecule has 0 spiro atoms. The number of allylic oxidation sites excluding steroid dienone is 1. The smallest absolute Gasteiger partial charge is 0.152 e. The highest BCUT2D eigenvalue weighted by Gasteiger charge is 2.04. The maximum absolute atomic E-state index is 10.9. The molecule has 0 atom stereocenters. The minimum atomic E-state index is 0.0897. The summed E-state index contributed by atoms with van der Waals surface area (Å²) in [7, 11) is 0. The van der Waals surface area contributed by atoms with E-state index >= 15 is 0 Å². The van der Waals surface area contributed by atoms with Crippen molar-refractivity contribution in [2.75, 3.05) is 0 Å². The topological polar surface area (TPSA) is 17.1 Å². The van der Waals surface area contributed by atoms with Crippen molar-refractivity contribution in [1.29, 1.82) is 0 Å². The van der Waals surface area contributed by atoms with Gasteiger partial charge in [0, 0.05) is 9.58 Å². The monoisotopic (exact) mass is 216 g/mol. The number of thiophene rings is 1. The molecule has 0 aliphatic rings. The first kappa shape index (κ1) is 10.1. The van der Waals surface area contributed by atoms with Gasteiger partial charge in [-0.25, -0.2) is 0 Å². The number of aryl methyl sites for hydroxylation is 1. The summed E-state index contributed by atoms with van der Waals surface area (Å²) >= 11 is 1.73. The van der Waals surface area contributed by atoms with Crippen LogP contribution in [0, 0.1) is 6.92 Å². The molecule has 0 aliphatic heterocycles. The second-order valence-electron chi connectivity index (χ2n) is 3.53. The van der Waals surface area contributed by atoms with E-state index in [0.29, 0.717) is 0 Å². The zero-order valence-electron chi connectivity index (χ0n) is 8.78. The molecule has 0 amide bonds. The van der Waals surface area contributed by atoms with Gasteiger partial charge >= 0.3 is 0 Å². The quantitative estimate of drug-likeness (QED) is 0.698. The number of benzene rings is 1. The standard InChI is InChI=1S/C13H12OS/c1-9(14)7-8-12-10(2)11-5-3-4-6-13(11)15-12/h3-8H,1-2H3/b8-7+. The molecular formula is C13H12OS. The van der Waals surface area contributed by atoms with Crippen molar-refractivity contribution in [3.8, 4) is 0 Å². The first-order valence-corrected chi connectivity index (χ1v) is 5.67.